The molecule has 0 spiro atoms. The van der Waals surface area contributed by atoms with Gasteiger partial charge in [0.05, 0.1) is 23.7 Å². The second-order valence-corrected chi connectivity index (χ2v) is 7.94. The van der Waals surface area contributed by atoms with Crippen LogP contribution in [0.4, 0.5) is 14.5 Å². The van der Waals surface area contributed by atoms with Gasteiger partial charge in [-0.1, -0.05) is 24.3 Å². The van der Waals surface area contributed by atoms with Crippen molar-refractivity contribution in [3.05, 3.63) is 60.2 Å². The van der Waals surface area contributed by atoms with Crippen LogP contribution >= 0.6 is 0 Å². The van der Waals surface area contributed by atoms with Gasteiger partial charge < -0.3 is 9.64 Å². The first-order chi connectivity index (χ1) is 13.3. The van der Waals surface area contributed by atoms with Crippen molar-refractivity contribution in [3.63, 3.8) is 0 Å². The van der Waals surface area contributed by atoms with Gasteiger partial charge in [-0.15, -0.1) is 0 Å². The molecule has 6 nitrogen and oxygen atoms in total. The second-order valence-electron chi connectivity index (χ2n) is 5.97. The summed E-state index contributed by atoms with van der Waals surface area (Å²) < 4.78 is 57.4. The molecule has 0 radical (unpaired) electrons. The van der Waals surface area contributed by atoms with Crippen molar-refractivity contribution in [2.45, 2.75) is 11.3 Å². The number of methoxy groups -OCH3 is 1. The van der Waals surface area contributed by atoms with E-state index < -0.39 is 28.9 Å². The maximum atomic E-state index is 12.9. The Bertz CT molecular complexity index is 892. The van der Waals surface area contributed by atoms with Crippen LogP contribution in [0.15, 0.2) is 59.5 Å². The molecule has 0 N–H and O–H groups in total. The Morgan fingerprint density at radius 3 is 2.39 bits per heavy atom. The van der Waals surface area contributed by atoms with E-state index in [-0.39, 0.29) is 23.6 Å². The van der Waals surface area contributed by atoms with Crippen molar-refractivity contribution in [1.29, 1.82) is 0 Å². The maximum Gasteiger partial charge on any atom is 0.264 e. The van der Waals surface area contributed by atoms with Gasteiger partial charge in [0.15, 0.2) is 0 Å². The maximum absolute atomic E-state index is 12.9. The zero-order chi connectivity index (χ0) is 20.7. The predicted octanol–water partition coefficient (Wildman–Crippen LogP) is 2.87. The van der Waals surface area contributed by atoms with Crippen LogP contribution in [0.25, 0.3) is 0 Å². The Labute approximate surface area is 163 Å². The lowest BCUT2D eigenvalue weighted by molar-refractivity contribution is 0.0478. The number of rotatable bonds is 9. The molecule has 0 aromatic heterocycles. The number of hydrogen-bond acceptors (Lipinski definition) is 4. The number of nitrogens with zero attached hydrogens (tertiary/aromatic N) is 2. The Kier molecular flexibility index (Phi) is 7.47. The van der Waals surface area contributed by atoms with Crippen molar-refractivity contribution in [3.8, 4) is 0 Å². The molecule has 0 saturated heterocycles. The first-order valence-electron chi connectivity index (χ1n) is 8.47. The fourth-order valence-corrected chi connectivity index (χ4v) is 3.79. The number of carbonyl (C=O) groups is 1. The predicted molar refractivity (Wildman–Crippen MR) is 102 cm³/mol. The van der Waals surface area contributed by atoms with Crippen molar-refractivity contribution < 1.29 is 26.7 Å². The van der Waals surface area contributed by atoms with Crippen LogP contribution in [-0.2, 0) is 14.8 Å². The minimum Gasteiger partial charge on any atom is -0.383 e. The van der Waals surface area contributed by atoms with E-state index in [0.717, 1.165) is 9.21 Å². The van der Waals surface area contributed by atoms with Crippen molar-refractivity contribution in [1.82, 2.24) is 4.90 Å². The van der Waals surface area contributed by atoms with Crippen LogP contribution in [0, 0.1) is 0 Å². The zero-order valence-electron chi connectivity index (χ0n) is 15.6. The van der Waals surface area contributed by atoms with Crippen LogP contribution in [0.2, 0.25) is 0 Å². The van der Waals surface area contributed by atoms with Gasteiger partial charge in [-0.2, -0.15) is 0 Å². The highest BCUT2D eigenvalue weighted by Gasteiger charge is 2.24. The number of sulfonamides is 1. The molecular formula is C19H22F2N2O4S. The van der Waals surface area contributed by atoms with Crippen LogP contribution in [0.3, 0.4) is 0 Å². The Hall–Kier alpha value is -2.52. The zero-order valence-corrected chi connectivity index (χ0v) is 16.4. The van der Waals surface area contributed by atoms with Crippen molar-refractivity contribution >= 4 is 21.6 Å². The number of carbonyl (C=O) groups excluding carboxylic acids is 1. The Balaban J connectivity index is 2.32. The summed E-state index contributed by atoms with van der Waals surface area (Å²) in [6.45, 7) is -0.698. The first kappa shape index (κ1) is 21.8. The number of alkyl halides is 2. The van der Waals surface area contributed by atoms with Gasteiger partial charge >= 0.3 is 0 Å². The SMILES string of the molecule is COCCN(CC(F)F)C(=O)c1cccc(S(=O)(=O)N(C)c2ccccc2)c1. The van der Waals surface area contributed by atoms with Gasteiger partial charge in [-0.05, 0) is 30.3 Å². The fourth-order valence-electron chi connectivity index (χ4n) is 2.55. The van der Waals surface area contributed by atoms with Gasteiger partial charge in [-0.3, -0.25) is 9.10 Å². The van der Waals surface area contributed by atoms with E-state index in [1.54, 1.807) is 30.3 Å². The smallest absolute Gasteiger partial charge is 0.264 e. The van der Waals surface area contributed by atoms with Crippen LogP contribution < -0.4 is 4.31 Å². The molecule has 1 amide bonds. The summed E-state index contributed by atoms with van der Waals surface area (Å²) in [7, 11) is -1.12. The normalized spacial score (nSPS) is 11.5. The molecule has 2 aromatic rings. The molecule has 0 aliphatic rings. The molecule has 28 heavy (non-hydrogen) atoms. The summed E-state index contributed by atoms with van der Waals surface area (Å²) in [4.78, 5) is 13.5. The third-order valence-electron chi connectivity index (χ3n) is 4.07. The second kappa shape index (κ2) is 9.61. The lowest BCUT2D eigenvalue weighted by Gasteiger charge is -2.23. The summed E-state index contributed by atoms with van der Waals surface area (Å²) in [6.07, 6.45) is -2.71. The number of para-hydroxylation sites is 1. The Morgan fingerprint density at radius 1 is 1.11 bits per heavy atom. The molecule has 0 unspecified atom stereocenters. The molecule has 9 heteroatoms. The summed E-state index contributed by atoms with van der Waals surface area (Å²) in [5, 5.41) is 0. The molecule has 0 bridgehead atoms. The van der Waals surface area contributed by atoms with Gasteiger partial charge in [0, 0.05) is 26.3 Å². The van der Waals surface area contributed by atoms with Gasteiger partial charge in [-0.25, -0.2) is 17.2 Å². The standard InChI is InChI=1S/C19H22F2N2O4S/c1-22(16-8-4-3-5-9-16)28(25,26)17-10-6-7-15(13-17)19(24)23(11-12-27-2)14-18(20)21/h3-10,13,18H,11-12,14H2,1-2H3. The van der Waals surface area contributed by atoms with Gasteiger partial charge in [0.25, 0.3) is 22.4 Å². The molecule has 0 aliphatic heterocycles. The van der Waals surface area contributed by atoms with E-state index in [0.29, 0.717) is 5.69 Å². The summed E-state index contributed by atoms with van der Waals surface area (Å²) in [6, 6.07) is 13.8. The molecule has 0 fully saturated rings. The lowest BCUT2D eigenvalue weighted by Crippen LogP contribution is -2.37. The number of hydrogen-bond donors (Lipinski definition) is 0. The van der Waals surface area contributed by atoms with Crippen LogP contribution in [0.1, 0.15) is 10.4 Å². The number of benzene rings is 2. The molecule has 2 rings (SSSR count). The number of halogens is 2. The van der Waals surface area contributed by atoms with E-state index in [4.69, 9.17) is 4.74 Å². The molecule has 0 atom stereocenters. The molecule has 0 aliphatic carbocycles. The highest BCUT2D eigenvalue weighted by atomic mass is 32.2. The van der Waals surface area contributed by atoms with E-state index in [2.05, 4.69) is 0 Å². The molecule has 2 aromatic carbocycles. The largest absolute Gasteiger partial charge is 0.383 e. The van der Waals surface area contributed by atoms with Crippen molar-refractivity contribution in [2.75, 3.05) is 38.2 Å². The van der Waals surface area contributed by atoms with E-state index >= 15 is 0 Å². The monoisotopic (exact) mass is 412 g/mol. The third kappa shape index (κ3) is 5.26. The topological polar surface area (TPSA) is 66.9 Å². The van der Waals surface area contributed by atoms with Crippen LogP contribution in [0.5, 0.6) is 0 Å². The molecular weight excluding hydrogens is 390 g/mol. The van der Waals surface area contributed by atoms with Crippen LogP contribution in [-0.4, -0.2) is 59.5 Å². The third-order valence-corrected chi connectivity index (χ3v) is 5.85. The average Bonchev–Trinajstić information content (AvgIpc) is 2.70. The quantitative estimate of drug-likeness (QED) is 0.635. The summed E-state index contributed by atoms with van der Waals surface area (Å²) in [5.74, 6) is -0.684. The molecule has 0 heterocycles. The van der Waals surface area contributed by atoms with Crippen molar-refractivity contribution in [2.24, 2.45) is 0 Å². The molecule has 0 saturated carbocycles. The molecule has 152 valence electrons. The average molecular weight is 412 g/mol. The summed E-state index contributed by atoms with van der Waals surface area (Å²) >= 11 is 0. The Morgan fingerprint density at radius 2 is 1.79 bits per heavy atom. The fraction of sp³-hybridized carbons (Fsp3) is 0.316. The lowest BCUT2D eigenvalue weighted by atomic mass is 10.2. The van der Waals surface area contributed by atoms with Gasteiger partial charge in [0.2, 0.25) is 0 Å². The number of anilines is 1. The van der Waals surface area contributed by atoms with E-state index in [1.807, 2.05) is 0 Å². The number of amides is 1. The first-order valence-corrected chi connectivity index (χ1v) is 9.91. The summed E-state index contributed by atoms with van der Waals surface area (Å²) in [5.41, 5.74) is 0.470. The minimum absolute atomic E-state index is 0.0132. The van der Waals surface area contributed by atoms with E-state index in [9.17, 15) is 22.0 Å². The minimum atomic E-state index is -3.92. The van der Waals surface area contributed by atoms with Gasteiger partial charge in [0.1, 0.15) is 0 Å². The number of ether oxygens (including phenoxy) is 1. The van der Waals surface area contributed by atoms with E-state index in [1.165, 1.54) is 38.4 Å². The highest BCUT2D eigenvalue weighted by Crippen LogP contribution is 2.22. The highest BCUT2D eigenvalue weighted by molar-refractivity contribution is 7.92.